The van der Waals surface area contributed by atoms with E-state index < -0.39 is 14.1 Å². The van der Waals surface area contributed by atoms with Gasteiger partial charge in [0.1, 0.15) is 31.6 Å². The second-order valence-corrected chi connectivity index (χ2v) is 23.5. The topological polar surface area (TPSA) is 97.8 Å². The van der Waals surface area contributed by atoms with Gasteiger partial charge >= 0.3 is 0 Å². The second kappa shape index (κ2) is 18.7. The first-order chi connectivity index (χ1) is 28.3. The van der Waals surface area contributed by atoms with Crippen molar-refractivity contribution in [2.75, 3.05) is 40.4 Å². The van der Waals surface area contributed by atoms with Crippen LogP contribution in [-0.4, -0.2) is 62.6 Å². The van der Waals surface area contributed by atoms with Gasteiger partial charge in [-0.25, -0.2) is 0 Å². The van der Waals surface area contributed by atoms with Crippen LogP contribution in [0.15, 0.2) is 168 Å². The fraction of sp³-hybridized carbons (Fsp3) is 0.280. The number of allylic oxidation sites excluding steroid dienone is 6. The maximum atomic E-state index is 14.7. The summed E-state index contributed by atoms with van der Waals surface area (Å²) in [7, 11) is -1.88. The zero-order chi connectivity index (χ0) is 42.3. The lowest BCUT2D eigenvalue weighted by Gasteiger charge is -2.34. The molecule has 2 aliphatic carbocycles. The molecule has 5 N–H and O–H groups in total. The molecule has 4 aromatic carbocycles. The molecule has 308 valence electrons. The number of rotatable bonds is 14. The Bertz CT molecular complexity index is 2130. The number of Topliss-reactive ketones (excluding diaryl/α,β-unsaturated/α-hetero) is 2. The van der Waals surface area contributed by atoms with E-state index >= 15 is 0 Å². The molecule has 0 aromatic heterocycles. The minimum atomic E-state index is -2.67. The molecular weight excluding hydrogens is 769 g/mol. The van der Waals surface area contributed by atoms with Crippen LogP contribution in [0.25, 0.3) is 0 Å². The van der Waals surface area contributed by atoms with Gasteiger partial charge in [0.25, 0.3) is 0 Å². The highest BCUT2D eigenvalue weighted by Gasteiger charge is 2.40. The summed E-state index contributed by atoms with van der Waals surface area (Å²) >= 11 is 0. The number of quaternary nitrogens is 2. The highest BCUT2D eigenvalue weighted by Crippen LogP contribution is 2.46. The fourth-order valence-corrected chi connectivity index (χ4v) is 15.9. The van der Waals surface area contributed by atoms with Gasteiger partial charge in [-0.3, -0.25) is 14.7 Å². The first-order valence-electron chi connectivity index (χ1n) is 20.5. The molecule has 0 atom stereocenters. The molecule has 0 aliphatic heterocycles. The van der Waals surface area contributed by atoms with Crippen LogP contribution in [-0.2, 0) is 19.1 Å². The SMILES string of the molecule is COC1=CC(=P(NCC[NH2+]CC[NH2+]P(=C2C=C(OC)C=C(C(C)(C)C)C2=O)(c2ccccc2)c2ccccc2)(c2ccccc2)c2ccccc2)C(=O)C(C(C)(C)C)=C1. The van der Waals surface area contributed by atoms with E-state index in [2.05, 4.69) is 154 Å². The third-order valence-electron chi connectivity index (χ3n) is 11.0. The normalized spacial score (nSPS) is 15.3. The van der Waals surface area contributed by atoms with Crippen LogP contribution in [0.2, 0.25) is 0 Å². The maximum Gasteiger partial charge on any atom is 0.195 e. The average Bonchev–Trinajstić information content (AvgIpc) is 3.24. The summed E-state index contributed by atoms with van der Waals surface area (Å²) in [6, 6.07) is 41.9. The smallest absolute Gasteiger partial charge is 0.195 e. The van der Waals surface area contributed by atoms with Gasteiger partial charge in [0.15, 0.2) is 11.6 Å². The predicted molar refractivity (Wildman–Crippen MR) is 250 cm³/mol. The molecule has 0 spiro atoms. The van der Waals surface area contributed by atoms with Gasteiger partial charge in [-0.2, -0.15) is 0 Å². The molecule has 6 rings (SSSR count). The number of benzene rings is 4. The summed E-state index contributed by atoms with van der Waals surface area (Å²) in [4.78, 5) is 29.5. The molecule has 0 amide bonds. The van der Waals surface area contributed by atoms with E-state index in [9.17, 15) is 9.59 Å². The lowest BCUT2D eigenvalue weighted by Crippen LogP contribution is -2.94. The molecule has 2 aliphatic rings. The molecule has 0 radical (unpaired) electrons. The third-order valence-corrected chi connectivity index (χ3v) is 19.0. The van der Waals surface area contributed by atoms with Gasteiger partial charge in [0.05, 0.1) is 26.1 Å². The summed E-state index contributed by atoms with van der Waals surface area (Å²) < 4.78 is 11.7. The van der Waals surface area contributed by atoms with Crippen molar-refractivity contribution < 1.29 is 29.5 Å². The summed E-state index contributed by atoms with van der Waals surface area (Å²) in [6.07, 6.45) is 7.76. The number of hydrogen-bond donors (Lipinski definition) is 3. The van der Waals surface area contributed by atoms with E-state index in [1.165, 1.54) is 0 Å². The Balaban J connectivity index is 1.35. The zero-order valence-corrected chi connectivity index (χ0v) is 37.7. The Morgan fingerprint density at radius 3 is 1.31 bits per heavy atom. The number of nitrogens with two attached hydrogens (primary N) is 2. The lowest BCUT2D eigenvalue weighted by molar-refractivity contribution is -0.679. The van der Waals surface area contributed by atoms with Crippen LogP contribution in [0, 0.1) is 10.8 Å². The molecule has 4 aromatic rings. The molecule has 0 unspecified atom stereocenters. The van der Waals surface area contributed by atoms with Gasteiger partial charge < -0.3 is 19.9 Å². The Labute approximate surface area is 351 Å². The van der Waals surface area contributed by atoms with Gasteiger partial charge in [0, 0.05) is 40.6 Å². The molecule has 7 nitrogen and oxygen atoms in total. The maximum absolute atomic E-state index is 14.7. The van der Waals surface area contributed by atoms with E-state index in [0.717, 1.165) is 62.6 Å². The summed E-state index contributed by atoms with van der Waals surface area (Å²) in [5, 5.41) is 14.8. The third kappa shape index (κ3) is 9.21. The number of carbonyl (C=O) groups excluding carboxylic acids is 2. The van der Waals surface area contributed by atoms with Crippen molar-refractivity contribution in [3.05, 3.63) is 168 Å². The van der Waals surface area contributed by atoms with E-state index in [4.69, 9.17) is 9.47 Å². The molecule has 0 heterocycles. The molecular formula is C50H61N3O4P2+2. The van der Waals surface area contributed by atoms with Gasteiger partial charge in [0.2, 0.25) is 0 Å². The van der Waals surface area contributed by atoms with Gasteiger partial charge in [-0.15, -0.1) is 0 Å². The standard InChI is InChI=1S/C50H59N3O4P2/c1-49(2,3)43-33-37(56-7)35-45(47(43)54)58(39-21-13-9-14-22-39,40-23-15-10-16-24-40)52-31-29-51-30-32-53-59(41-25-17-11-18-26-41,42-27-19-12-20-28-42)46-36-38(57-8)34-44(48(46)55)50(4,5)6/h9-28,33-36,51-53H,29-32H2,1-8H3/p+2. The number of hydrogen-bond acceptors (Lipinski definition) is 5. The van der Waals surface area contributed by atoms with Crippen molar-refractivity contribution in [2.45, 2.75) is 41.5 Å². The quantitative estimate of drug-likeness (QED) is 0.117. The highest BCUT2D eigenvalue weighted by molar-refractivity contribution is 7.89. The Morgan fingerprint density at radius 2 is 0.898 bits per heavy atom. The van der Waals surface area contributed by atoms with Crippen LogP contribution in [0.1, 0.15) is 41.5 Å². The number of methoxy groups -OCH3 is 2. The molecule has 0 bridgehead atoms. The largest absolute Gasteiger partial charge is 0.497 e. The predicted octanol–water partition coefficient (Wildman–Crippen LogP) is 5.39. The van der Waals surface area contributed by atoms with E-state index in [1.807, 2.05) is 48.6 Å². The van der Waals surface area contributed by atoms with E-state index in [1.54, 1.807) is 14.2 Å². The summed E-state index contributed by atoms with van der Waals surface area (Å²) in [5.41, 5.74) is 0.747. The molecule has 9 heteroatoms. The Morgan fingerprint density at radius 1 is 0.508 bits per heavy atom. The Hall–Kier alpha value is -4.74. The molecule has 0 saturated heterocycles. The number of carbonyl (C=O) groups is 2. The monoisotopic (exact) mass is 829 g/mol. The Kier molecular flexibility index (Phi) is 13.9. The van der Waals surface area contributed by atoms with Crippen LogP contribution in [0.4, 0.5) is 0 Å². The fourth-order valence-electron chi connectivity index (χ4n) is 7.96. The molecule has 59 heavy (non-hydrogen) atoms. The first-order valence-corrected chi connectivity index (χ1v) is 24.1. The van der Waals surface area contributed by atoms with Crippen LogP contribution in [0.5, 0.6) is 0 Å². The second-order valence-electron chi connectivity index (χ2n) is 17.0. The van der Waals surface area contributed by atoms with Crippen molar-refractivity contribution >= 4 is 57.4 Å². The minimum absolute atomic E-state index is 0.0532. The van der Waals surface area contributed by atoms with Crippen molar-refractivity contribution in [1.82, 2.24) is 5.09 Å². The summed E-state index contributed by atoms with van der Waals surface area (Å²) in [6.45, 7) is 15.5. The van der Waals surface area contributed by atoms with Crippen LogP contribution in [0.3, 0.4) is 0 Å². The minimum Gasteiger partial charge on any atom is -0.497 e. The lowest BCUT2D eigenvalue weighted by atomic mass is 9.81. The van der Waals surface area contributed by atoms with Crippen molar-refractivity contribution in [2.24, 2.45) is 10.8 Å². The average molecular weight is 830 g/mol. The van der Waals surface area contributed by atoms with Crippen LogP contribution >= 0.6 is 14.1 Å². The zero-order valence-electron chi connectivity index (χ0n) is 35.9. The number of nitrogens with one attached hydrogen (secondary N) is 1. The molecule has 0 fully saturated rings. The van der Waals surface area contributed by atoms with E-state index in [-0.39, 0.29) is 22.4 Å². The van der Waals surface area contributed by atoms with Crippen molar-refractivity contribution in [3.8, 4) is 0 Å². The van der Waals surface area contributed by atoms with Crippen molar-refractivity contribution in [3.63, 3.8) is 0 Å². The van der Waals surface area contributed by atoms with Crippen LogP contribution < -0.4 is 36.7 Å². The highest BCUT2D eigenvalue weighted by atomic mass is 31.2. The number of ether oxygens (including phenoxy) is 2. The van der Waals surface area contributed by atoms with Crippen molar-refractivity contribution in [1.29, 1.82) is 0 Å². The first kappa shape index (κ1) is 43.8. The number of ketones is 2. The van der Waals surface area contributed by atoms with E-state index in [0.29, 0.717) is 18.1 Å². The van der Waals surface area contributed by atoms with Gasteiger partial charge in [-0.1, -0.05) is 139 Å². The summed E-state index contributed by atoms with van der Waals surface area (Å²) in [5.74, 6) is 1.51. The van der Waals surface area contributed by atoms with Gasteiger partial charge in [-0.05, 0) is 70.0 Å². The molecule has 0 saturated carbocycles.